The van der Waals surface area contributed by atoms with E-state index in [2.05, 4.69) is 15.8 Å². The fourth-order valence-electron chi connectivity index (χ4n) is 2.95. The Labute approximate surface area is 184 Å². The van der Waals surface area contributed by atoms with Crippen LogP contribution in [-0.4, -0.2) is 31.7 Å². The molecule has 0 radical (unpaired) electrons. The van der Waals surface area contributed by atoms with Crippen LogP contribution >= 0.6 is 0 Å². The van der Waals surface area contributed by atoms with Crippen LogP contribution in [0, 0.1) is 5.82 Å². The quantitative estimate of drug-likeness (QED) is 0.429. The molecule has 0 aliphatic rings. The Morgan fingerprint density at radius 3 is 2.28 bits per heavy atom. The van der Waals surface area contributed by atoms with Crippen molar-refractivity contribution in [2.75, 3.05) is 19.5 Å². The number of halogens is 1. The summed E-state index contributed by atoms with van der Waals surface area (Å²) in [6.45, 7) is 1.73. The lowest BCUT2D eigenvalue weighted by atomic mass is 10.1. The lowest BCUT2D eigenvalue weighted by Crippen LogP contribution is -2.20. The number of nitrogens with zero attached hydrogens (tertiary/aromatic N) is 1. The highest BCUT2D eigenvalue weighted by Gasteiger charge is 2.16. The lowest BCUT2D eigenvalue weighted by Gasteiger charge is -2.11. The van der Waals surface area contributed by atoms with E-state index in [1.165, 1.54) is 38.5 Å². The number of hydrogen-bond donors (Lipinski definition) is 2. The van der Waals surface area contributed by atoms with Gasteiger partial charge < -0.3 is 14.8 Å². The zero-order valence-corrected chi connectivity index (χ0v) is 17.8. The molecule has 0 aromatic heterocycles. The molecule has 0 atom stereocenters. The van der Waals surface area contributed by atoms with Crippen molar-refractivity contribution in [1.82, 2.24) is 5.43 Å². The van der Waals surface area contributed by atoms with Gasteiger partial charge in [-0.15, -0.1) is 0 Å². The Morgan fingerprint density at radius 1 is 0.875 bits per heavy atom. The fourth-order valence-corrected chi connectivity index (χ4v) is 2.95. The highest BCUT2D eigenvalue weighted by atomic mass is 19.1. The van der Waals surface area contributed by atoms with Crippen LogP contribution in [0.1, 0.15) is 33.2 Å². The molecule has 3 aromatic rings. The molecule has 0 aliphatic heterocycles. The SMILES string of the molecule is COc1cccc(C(=O)N/N=C(\C)c2cccc(NC(=O)c3ccc(F)cc3)c2)c1OC. The molecular weight excluding hydrogens is 413 g/mol. The van der Waals surface area contributed by atoms with Gasteiger partial charge >= 0.3 is 0 Å². The Kier molecular flexibility index (Phi) is 7.17. The first-order chi connectivity index (χ1) is 15.4. The summed E-state index contributed by atoms with van der Waals surface area (Å²) in [4.78, 5) is 24.9. The number of anilines is 1. The van der Waals surface area contributed by atoms with Gasteiger partial charge in [-0.3, -0.25) is 9.59 Å². The maximum atomic E-state index is 13.0. The zero-order chi connectivity index (χ0) is 23.1. The number of carbonyl (C=O) groups excluding carboxylic acids is 2. The first-order valence-corrected chi connectivity index (χ1v) is 9.66. The largest absolute Gasteiger partial charge is 0.493 e. The Balaban J connectivity index is 1.73. The monoisotopic (exact) mass is 435 g/mol. The number of nitrogens with one attached hydrogen (secondary N) is 2. The third kappa shape index (κ3) is 5.28. The molecule has 0 aliphatic carbocycles. The second kappa shape index (κ2) is 10.2. The highest BCUT2D eigenvalue weighted by molar-refractivity contribution is 6.06. The number of ether oxygens (including phenoxy) is 2. The van der Waals surface area contributed by atoms with Gasteiger partial charge in [0.1, 0.15) is 5.82 Å². The summed E-state index contributed by atoms with van der Waals surface area (Å²) < 4.78 is 23.5. The smallest absolute Gasteiger partial charge is 0.275 e. The normalized spacial score (nSPS) is 10.9. The fraction of sp³-hybridized carbons (Fsp3) is 0.125. The van der Waals surface area contributed by atoms with Crippen LogP contribution in [0.4, 0.5) is 10.1 Å². The minimum atomic E-state index is -0.458. The third-order valence-corrected chi connectivity index (χ3v) is 4.62. The van der Waals surface area contributed by atoms with E-state index in [9.17, 15) is 14.0 Å². The molecule has 8 heteroatoms. The van der Waals surface area contributed by atoms with Crippen LogP contribution in [-0.2, 0) is 0 Å². The molecule has 0 saturated heterocycles. The molecule has 3 rings (SSSR count). The summed E-state index contributed by atoms with van der Waals surface area (Å²) in [5.74, 6) is -0.490. The van der Waals surface area contributed by atoms with Gasteiger partial charge in [-0.25, -0.2) is 9.82 Å². The van der Waals surface area contributed by atoms with Crippen LogP contribution in [0.5, 0.6) is 11.5 Å². The van der Waals surface area contributed by atoms with Crippen molar-refractivity contribution in [1.29, 1.82) is 0 Å². The topological polar surface area (TPSA) is 89.0 Å². The minimum Gasteiger partial charge on any atom is -0.493 e. The van der Waals surface area contributed by atoms with Crippen LogP contribution < -0.4 is 20.2 Å². The first-order valence-electron chi connectivity index (χ1n) is 9.66. The minimum absolute atomic E-state index is 0.281. The molecular formula is C24H22FN3O4. The molecule has 0 heterocycles. The first kappa shape index (κ1) is 22.5. The molecule has 0 bridgehead atoms. The van der Waals surface area contributed by atoms with Gasteiger partial charge in [0.05, 0.1) is 25.5 Å². The summed E-state index contributed by atoms with van der Waals surface area (Å²) in [6.07, 6.45) is 0. The average Bonchev–Trinajstić information content (AvgIpc) is 2.82. The van der Waals surface area contributed by atoms with Gasteiger partial charge in [0.25, 0.3) is 11.8 Å². The highest BCUT2D eigenvalue weighted by Crippen LogP contribution is 2.30. The van der Waals surface area contributed by atoms with E-state index in [1.807, 2.05) is 0 Å². The molecule has 32 heavy (non-hydrogen) atoms. The Hall–Kier alpha value is -4.20. The molecule has 3 aromatic carbocycles. The number of benzene rings is 3. The lowest BCUT2D eigenvalue weighted by molar-refractivity contribution is 0.0950. The van der Waals surface area contributed by atoms with E-state index >= 15 is 0 Å². The molecule has 0 spiro atoms. The molecule has 0 saturated carbocycles. The summed E-state index contributed by atoms with van der Waals surface area (Å²) >= 11 is 0. The second-order valence-corrected chi connectivity index (χ2v) is 6.72. The summed E-state index contributed by atoms with van der Waals surface area (Å²) in [5.41, 5.74) is 4.88. The second-order valence-electron chi connectivity index (χ2n) is 6.72. The van der Waals surface area contributed by atoms with Crippen LogP contribution in [0.2, 0.25) is 0 Å². The van der Waals surface area contributed by atoms with Gasteiger partial charge in [-0.1, -0.05) is 18.2 Å². The van der Waals surface area contributed by atoms with Crippen LogP contribution in [0.3, 0.4) is 0 Å². The van der Waals surface area contributed by atoms with Gasteiger partial charge in [-0.05, 0) is 61.0 Å². The van der Waals surface area contributed by atoms with Crippen molar-refractivity contribution in [3.63, 3.8) is 0 Å². The Bertz CT molecular complexity index is 1160. The molecule has 2 amide bonds. The Morgan fingerprint density at radius 2 is 1.59 bits per heavy atom. The number of rotatable bonds is 7. The van der Waals surface area contributed by atoms with Crippen molar-refractivity contribution < 1.29 is 23.5 Å². The van der Waals surface area contributed by atoms with E-state index in [0.717, 1.165) is 0 Å². The van der Waals surface area contributed by atoms with Crippen molar-refractivity contribution in [3.05, 3.63) is 89.2 Å². The molecule has 0 unspecified atom stereocenters. The van der Waals surface area contributed by atoms with Crippen LogP contribution in [0.25, 0.3) is 0 Å². The van der Waals surface area contributed by atoms with Crippen molar-refractivity contribution in [2.45, 2.75) is 6.92 Å². The van der Waals surface area contributed by atoms with Crippen molar-refractivity contribution >= 4 is 23.2 Å². The van der Waals surface area contributed by atoms with Gasteiger partial charge in [0, 0.05) is 11.3 Å². The van der Waals surface area contributed by atoms with E-state index < -0.39 is 11.7 Å². The van der Waals surface area contributed by atoms with Gasteiger partial charge in [0.2, 0.25) is 0 Å². The number of carbonyl (C=O) groups is 2. The maximum Gasteiger partial charge on any atom is 0.275 e. The summed E-state index contributed by atoms with van der Waals surface area (Å²) in [6, 6.07) is 17.2. The third-order valence-electron chi connectivity index (χ3n) is 4.62. The molecule has 7 nitrogen and oxygen atoms in total. The summed E-state index contributed by atoms with van der Waals surface area (Å²) in [7, 11) is 2.94. The molecule has 0 fully saturated rings. The number of methoxy groups -OCH3 is 2. The standard InChI is InChI=1S/C24H22FN3O4/c1-15(27-28-24(30)20-8-5-9-21(31-2)22(20)32-3)17-6-4-7-19(14-17)26-23(29)16-10-12-18(25)13-11-16/h4-14H,1-3H3,(H,26,29)(H,28,30)/b27-15+. The van der Waals surface area contributed by atoms with Crippen molar-refractivity contribution in [2.24, 2.45) is 5.10 Å². The van der Waals surface area contributed by atoms with Gasteiger partial charge in [-0.2, -0.15) is 5.10 Å². The number of hydrazone groups is 1. The number of hydrogen-bond acceptors (Lipinski definition) is 5. The van der Waals surface area contributed by atoms with E-state index in [0.29, 0.717) is 34.0 Å². The van der Waals surface area contributed by atoms with E-state index in [1.54, 1.807) is 49.4 Å². The van der Waals surface area contributed by atoms with Crippen molar-refractivity contribution in [3.8, 4) is 11.5 Å². The zero-order valence-electron chi connectivity index (χ0n) is 17.8. The summed E-state index contributed by atoms with van der Waals surface area (Å²) in [5, 5.41) is 6.91. The maximum absolute atomic E-state index is 13.0. The van der Waals surface area contributed by atoms with E-state index in [4.69, 9.17) is 9.47 Å². The van der Waals surface area contributed by atoms with Crippen LogP contribution in [0.15, 0.2) is 71.8 Å². The predicted octanol–water partition coefficient (Wildman–Crippen LogP) is 4.25. The number of amides is 2. The average molecular weight is 435 g/mol. The van der Waals surface area contributed by atoms with E-state index in [-0.39, 0.29) is 11.5 Å². The predicted molar refractivity (Wildman–Crippen MR) is 120 cm³/mol. The molecule has 164 valence electrons. The number of para-hydroxylation sites is 1. The van der Waals surface area contributed by atoms with Gasteiger partial charge in [0.15, 0.2) is 11.5 Å². The molecule has 2 N–H and O–H groups in total.